The highest BCUT2D eigenvalue weighted by Gasteiger charge is 2.36. The number of fused-ring (bicyclic) bond motifs is 1. The van der Waals surface area contributed by atoms with Crippen molar-refractivity contribution >= 4 is 27.5 Å². The number of carbonyl (C=O) groups is 1. The summed E-state index contributed by atoms with van der Waals surface area (Å²) in [5, 5.41) is 3.96. The standard InChI is InChI=1S/C22H23N3O5S/c1-22(2)13-21(26)25(3)18-10-9-14(11-16(18)22)31(27,28)24-20-12-17(23-30-20)15-7-5-6-8-19(15)29-4/h5-12,24H,13H2,1-4H3. The average Bonchev–Trinajstić information content (AvgIpc) is 3.19. The van der Waals surface area contributed by atoms with Gasteiger partial charge in [0.2, 0.25) is 11.8 Å². The Morgan fingerprint density at radius 2 is 1.90 bits per heavy atom. The average molecular weight is 442 g/mol. The van der Waals surface area contributed by atoms with Crippen molar-refractivity contribution in [3.8, 4) is 17.0 Å². The first-order chi connectivity index (χ1) is 14.6. The third kappa shape index (κ3) is 3.76. The first-order valence-electron chi connectivity index (χ1n) is 9.66. The molecule has 0 bridgehead atoms. The molecule has 1 aliphatic rings. The highest BCUT2D eigenvalue weighted by atomic mass is 32.2. The number of para-hydroxylation sites is 1. The van der Waals surface area contributed by atoms with Gasteiger partial charge >= 0.3 is 0 Å². The molecule has 9 heteroatoms. The first kappa shape index (κ1) is 20.9. The molecule has 162 valence electrons. The van der Waals surface area contributed by atoms with E-state index in [0.717, 1.165) is 5.56 Å². The van der Waals surface area contributed by atoms with Crippen molar-refractivity contribution in [2.75, 3.05) is 23.8 Å². The zero-order valence-electron chi connectivity index (χ0n) is 17.7. The van der Waals surface area contributed by atoms with Gasteiger partial charge in [0.25, 0.3) is 10.0 Å². The number of hydrogen-bond acceptors (Lipinski definition) is 6. The fourth-order valence-electron chi connectivity index (χ4n) is 3.74. The number of hydrogen-bond donors (Lipinski definition) is 1. The summed E-state index contributed by atoms with van der Waals surface area (Å²) in [4.78, 5) is 13.9. The minimum Gasteiger partial charge on any atom is -0.496 e. The Balaban J connectivity index is 1.65. The van der Waals surface area contributed by atoms with Crippen LogP contribution >= 0.6 is 0 Å². The minimum atomic E-state index is -3.93. The van der Waals surface area contributed by atoms with Crippen LogP contribution in [0.5, 0.6) is 5.75 Å². The zero-order valence-corrected chi connectivity index (χ0v) is 18.5. The predicted molar refractivity (Wildman–Crippen MR) is 117 cm³/mol. The van der Waals surface area contributed by atoms with Crippen molar-refractivity contribution in [2.45, 2.75) is 30.6 Å². The lowest BCUT2D eigenvalue weighted by Gasteiger charge is -2.37. The predicted octanol–water partition coefficient (Wildman–Crippen LogP) is 3.80. The van der Waals surface area contributed by atoms with E-state index < -0.39 is 15.4 Å². The molecule has 8 nitrogen and oxygen atoms in total. The van der Waals surface area contributed by atoms with Gasteiger partial charge in [-0.1, -0.05) is 31.1 Å². The van der Waals surface area contributed by atoms with E-state index in [1.807, 2.05) is 26.0 Å². The van der Waals surface area contributed by atoms with Gasteiger partial charge in [-0.2, -0.15) is 0 Å². The van der Waals surface area contributed by atoms with Gasteiger partial charge in [0.1, 0.15) is 11.4 Å². The topological polar surface area (TPSA) is 102 Å². The van der Waals surface area contributed by atoms with Crippen molar-refractivity contribution in [2.24, 2.45) is 0 Å². The molecule has 0 unspecified atom stereocenters. The van der Waals surface area contributed by atoms with E-state index in [9.17, 15) is 13.2 Å². The van der Waals surface area contributed by atoms with Crippen molar-refractivity contribution in [1.82, 2.24) is 5.16 Å². The van der Waals surface area contributed by atoms with Crippen LogP contribution in [0.4, 0.5) is 11.6 Å². The van der Waals surface area contributed by atoms with Gasteiger partial charge < -0.3 is 14.2 Å². The van der Waals surface area contributed by atoms with E-state index >= 15 is 0 Å². The van der Waals surface area contributed by atoms with Crippen LogP contribution in [-0.4, -0.2) is 33.6 Å². The molecule has 1 N–H and O–H groups in total. The number of ether oxygens (including phenoxy) is 1. The molecule has 0 aliphatic carbocycles. The van der Waals surface area contributed by atoms with Crippen molar-refractivity contribution in [1.29, 1.82) is 0 Å². The molecule has 3 aromatic rings. The van der Waals surface area contributed by atoms with Crippen LogP contribution in [0, 0.1) is 0 Å². The summed E-state index contributed by atoms with van der Waals surface area (Å²) >= 11 is 0. The summed E-state index contributed by atoms with van der Waals surface area (Å²) in [6, 6.07) is 13.5. The smallest absolute Gasteiger partial charge is 0.264 e. The third-order valence-corrected chi connectivity index (χ3v) is 6.81. The number of anilines is 2. The van der Waals surface area contributed by atoms with Gasteiger partial charge in [0.05, 0.1) is 12.0 Å². The molecule has 0 saturated carbocycles. The number of nitrogens with one attached hydrogen (secondary N) is 1. The zero-order chi connectivity index (χ0) is 22.4. The molecule has 0 radical (unpaired) electrons. The van der Waals surface area contributed by atoms with E-state index in [-0.39, 0.29) is 16.7 Å². The van der Waals surface area contributed by atoms with Crippen molar-refractivity contribution in [3.63, 3.8) is 0 Å². The largest absolute Gasteiger partial charge is 0.496 e. The summed E-state index contributed by atoms with van der Waals surface area (Å²) in [6.07, 6.45) is 0.303. The van der Waals surface area contributed by atoms with E-state index in [1.165, 1.54) is 12.1 Å². The van der Waals surface area contributed by atoms with Gasteiger partial charge in [-0.05, 0) is 35.9 Å². The molecular formula is C22H23N3O5S. The van der Waals surface area contributed by atoms with E-state index in [1.54, 1.807) is 43.3 Å². The Morgan fingerprint density at radius 3 is 2.65 bits per heavy atom. The van der Waals surface area contributed by atoms with E-state index in [2.05, 4.69) is 9.88 Å². The molecule has 31 heavy (non-hydrogen) atoms. The second-order valence-corrected chi connectivity index (χ2v) is 9.76. The van der Waals surface area contributed by atoms with Crippen LogP contribution in [0.2, 0.25) is 0 Å². The summed E-state index contributed by atoms with van der Waals surface area (Å²) in [5.74, 6) is 0.586. The second-order valence-electron chi connectivity index (χ2n) is 8.07. The minimum absolute atomic E-state index is 0.00300. The highest BCUT2D eigenvalue weighted by Crippen LogP contribution is 2.41. The van der Waals surface area contributed by atoms with Crippen LogP contribution < -0.4 is 14.4 Å². The van der Waals surface area contributed by atoms with Crippen molar-refractivity contribution < 1.29 is 22.5 Å². The molecule has 2 aromatic carbocycles. The Hall–Kier alpha value is -3.33. The SMILES string of the molecule is COc1ccccc1-c1cc(NS(=O)(=O)c2ccc3c(c2)C(C)(C)CC(=O)N3C)on1. The van der Waals surface area contributed by atoms with Crippen LogP contribution in [0.1, 0.15) is 25.8 Å². The van der Waals surface area contributed by atoms with E-state index in [0.29, 0.717) is 29.1 Å². The monoisotopic (exact) mass is 441 g/mol. The van der Waals surface area contributed by atoms with Gasteiger partial charge in [0, 0.05) is 36.2 Å². The lowest BCUT2D eigenvalue weighted by atomic mass is 9.77. The summed E-state index contributed by atoms with van der Waals surface area (Å²) in [6.45, 7) is 3.85. The normalized spacial score (nSPS) is 15.5. The van der Waals surface area contributed by atoms with Crippen LogP contribution in [0.3, 0.4) is 0 Å². The number of benzene rings is 2. The number of nitrogens with zero attached hydrogens (tertiary/aromatic N) is 2. The van der Waals surface area contributed by atoms with Crippen LogP contribution in [-0.2, 0) is 20.2 Å². The molecule has 4 rings (SSSR count). The molecule has 1 aromatic heterocycles. The fourth-order valence-corrected chi connectivity index (χ4v) is 4.74. The summed E-state index contributed by atoms with van der Waals surface area (Å²) < 4.78 is 39.0. The van der Waals surface area contributed by atoms with Crippen LogP contribution in [0.15, 0.2) is 57.9 Å². The third-order valence-electron chi connectivity index (χ3n) is 5.46. The Morgan fingerprint density at radius 1 is 1.16 bits per heavy atom. The van der Waals surface area contributed by atoms with Crippen molar-refractivity contribution in [3.05, 3.63) is 54.1 Å². The summed E-state index contributed by atoms with van der Waals surface area (Å²) in [7, 11) is -0.693. The van der Waals surface area contributed by atoms with Gasteiger partial charge in [-0.15, -0.1) is 0 Å². The second kappa shape index (κ2) is 7.42. The molecule has 0 saturated heterocycles. The summed E-state index contributed by atoms with van der Waals surface area (Å²) in [5.41, 5.74) is 2.15. The molecule has 0 fully saturated rings. The maximum Gasteiger partial charge on any atom is 0.264 e. The Labute approximate surface area is 180 Å². The maximum atomic E-state index is 13.0. The number of rotatable bonds is 5. The highest BCUT2D eigenvalue weighted by molar-refractivity contribution is 7.92. The number of sulfonamides is 1. The number of amides is 1. The van der Waals surface area contributed by atoms with Gasteiger partial charge in [-0.3, -0.25) is 4.79 Å². The van der Waals surface area contributed by atoms with Gasteiger partial charge in [0.15, 0.2) is 0 Å². The molecule has 2 heterocycles. The Kier molecular flexibility index (Phi) is 5.01. The molecular weight excluding hydrogens is 418 g/mol. The quantitative estimate of drug-likeness (QED) is 0.646. The van der Waals surface area contributed by atoms with Gasteiger partial charge in [-0.25, -0.2) is 13.1 Å². The lowest BCUT2D eigenvalue weighted by molar-refractivity contribution is -0.119. The maximum absolute atomic E-state index is 13.0. The molecule has 0 atom stereocenters. The lowest BCUT2D eigenvalue weighted by Crippen LogP contribution is -2.39. The molecule has 0 spiro atoms. The Bertz CT molecular complexity index is 1260. The fraction of sp³-hybridized carbons (Fsp3) is 0.273. The number of carbonyl (C=O) groups excluding carboxylic acids is 1. The molecule has 1 amide bonds. The number of aromatic nitrogens is 1. The van der Waals surface area contributed by atoms with Crippen LogP contribution in [0.25, 0.3) is 11.3 Å². The number of methoxy groups -OCH3 is 1. The molecule has 1 aliphatic heterocycles. The van der Waals surface area contributed by atoms with E-state index in [4.69, 9.17) is 9.26 Å². The first-order valence-corrected chi connectivity index (χ1v) is 11.1.